The summed E-state index contributed by atoms with van der Waals surface area (Å²) in [7, 11) is 0. The summed E-state index contributed by atoms with van der Waals surface area (Å²) in [4.78, 5) is 19.2. The number of nitrogens with one attached hydrogen (secondary N) is 1. The van der Waals surface area contributed by atoms with Crippen LogP contribution < -0.4 is 5.56 Å². The van der Waals surface area contributed by atoms with Crippen molar-refractivity contribution < 1.29 is 0 Å². The van der Waals surface area contributed by atoms with Crippen molar-refractivity contribution in [2.24, 2.45) is 0 Å². The third-order valence-electron chi connectivity index (χ3n) is 7.65. The fourth-order valence-electron chi connectivity index (χ4n) is 5.70. The second kappa shape index (κ2) is 11.1. The highest BCUT2D eigenvalue weighted by Crippen LogP contribution is 2.35. The first-order valence-electron chi connectivity index (χ1n) is 13.5. The minimum Gasteiger partial charge on any atom is -0.322 e. The molecular formula is C31H31ClN6O. The van der Waals surface area contributed by atoms with Crippen molar-refractivity contribution in [1.82, 2.24) is 30.1 Å². The zero-order valence-electron chi connectivity index (χ0n) is 21.9. The molecular weight excluding hydrogens is 508 g/mol. The standard InChI is InChI=1S/C31H31ClN6O/c1-21-11-14-24-18-27(31(39)33-28(24)17-21)29(30-34-35-36-38(30)26-9-5-6-10-26)37(19-22-7-3-2-4-8-22)20-23-12-15-25(32)16-13-23/h2-4,7-8,11-18,26,29H,5-6,9-10,19-20H2,1H3,(H,33,39). The van der Waals surface area contributed by atoms with Crippen LogP contribution in [0.2, 0.25) is 5.02 Å². The van der Waals surface area contributed by atoms with Crippen LogP contribution in [0.5, 0.6) is 0 Å². The van der Waals surface area contributed by atoms with E-state index in [9.17, 15) is 4.79 Å². The van der Waals surface area contributed by atoms with Gasteiger partial charge in [0.25, 0.3) is 5.56 Å². The van der Waals surface area contributed by atoms with E-state index in [0.29, 0.717) is 29.5 Å². The molecule has 1 atom stereocenters. The van der Waals surface area contributed by atoms with Crippen molar-refractivity contribution in [3.05, 3.63) is 122 Å². The van der Waals surface area contributed by atoms with Crippen LogP contribution in [0.3, 0.4) is 0 Å². The topological polar surface area (TPSA) is 79.7 Å². The van der Waals surface area contributed by atoms with Crippen LogP contribution in [0.4, 0.5) is 0 Å². The Labute approximate surface area is 232 Å². The number of hydrogen-bond acceptors (Lipinski definition) is 5. The number of nitrogens with zero attached hydrogens (tertiary/aromatic N) is 5. The molecule has 1 unspecified atom stereocenters. The fourth-order valence-corrected chi connectivity index (χ4v) is 5.83. The third-order valence-corrected chi connectivity index (χ3v) is 7.90. The summed E-state index contributed by atoms with van der Waals surface area (Å²) in [5, 5.41) is 14.8. The molecule has 6 rings (SSSR count). The number of hydrogen-bond donors (Lipinski definition) is 1. The molecule has 0 amide bonds. The van der Waals surface area contributed by atoms with E-state index in [1.165, 1.54) is 0 Å². The smallest absolute Gasteiger partial charge is 0.253 e. The van der Waals surface area contributed by atoms with Crippen LogP contribution in [0.25, 0.3) is 10.9 Å². The van der Waals surface area contributed by atoms with Crippen molar-refractivity contribution in [1.29, 1.82) is 0 Å². The molecule has 7 nitrogen and oxygen atoms in total. The van der Waals surface area contributed by atoms with Gasteiger partial charge in [0.15, 0.2) is 5.82 Å². The number of benzene rings is 3. The largest absolute Gasteiger partial charge is 0.322 e. The number of fused-ring (bicyclic) bond motifs is 1. The van der Waals surface area contributed by atoms with Gasteiger partial charge in [-0.1, -0.05) is 79.0 Å². The first kappa shape index (κ1) is 25.5. The molecule has 8 heteroatoms. The van der Waals surface area contributed by atoms with Gasteiger partial charge in [0, 0.05) is 29.2 Å². The molecule has 2 heterocycles. The first-order chi connectivity index (χ1) is 19.0. The molecule has 1 aliphatic carbocycles. The Bertz CT molecular complexity index is 1620. The van der Waals surface area contributed by atoms with Gasteiger partial charge in [-0.25, -0.2) is 4.68 Å². The molecule has 0 spiro atoms. The molecule has 1 N–H and O–H groups in total. The lowest BCUT2D eigenvalue weighted by Gasteiger charge is -2.32. The number of H-pyrrole nitrogens is 1. The molecule has 0 saturated heterocycles. The third kappa shape index (κ3) is 5.51. The predicted octanol–water partition coefficient (Wildman–Crippen LogP) is 6.38. The Balaban J connectivity index is 1.53. The Hall–Kier alpha value is -3.81. The van der Waals surface area contributed by atoms with E-state index in [1.54, 1.807) is 0 Å². The number of aryl methyl sites for hydroxylation is 1. The lowest BCUT2D eigenvalue weighted by molar-refractivity contribution is 0.190. The van der Waals surface area contributed by atoms with E-state index in [4.69, 9.17) is 11.6 Å². The first-order valence-corrected chi connectivity index (χ1v) is 13.9. The second-order valence-corrected chi connectivity index (χ2v) is 10.9. The molecule has 0 radical (unpaired) electrons. The Morgan fingerprint density at radius 3 is 2.44 bits per heavy atom. The van der Waals surface area contributed by atoms with E-state index in [-0.39, 0.29) is 11.6 Å². The summed E-state index contributed by atoms with van der Waals surface area (Å²) >= 11 is 6.21. The van der Waals surface area contributed by atoms with Gasteiger partial charge in [-0.3, -0.25) is 9.69 Å². The van der Waals surface area contributed by atoms with Gasteiger partial charge in [-0.2, -0.15) is 0 Å². The maximum absolute atomic E-state index is 13.8. The number of pyridine rings is 1. The van der Waals surface area contributed by atoms with Gasteiger partial charge in [-0.05, 0) is 76.5 Å². The van der Waals surface area contributed by atoms with E-state index in [2.05, 4.69) is 49.7 Å². The molecule has 1 saturated carbocycles. The van der Waals surface area contributed by atoms with Gasteiger partial charge >= 0.3 is 0 Å². The van der Waals surface area contributed by atoms with E-state index in [1.807, 2.05) is 66.2 Å². The monoisotopic (exact) mass is 538 g/mol. The van der Waals surface area contributed by atoms with E-state index >= 15 is 0 Å². The Morgan fingerprint density at radius 1 is 0.974 bits per heavy atom. The van der Waals surface area contributed by atoms with Gasteiger partial charge < -0.3 is 4.98 Å². The second-order valence-electron chi connectivity index (χ2n) is 10.5. The number of aromatic amines is 1. The van der Waals surface area contributed by atoms with Crippen LogP contribution in [0.15, 0.2) is 83.7 Å². The summed E-state index contributed by atoms with van der Waals surface area (Å²) in [5.74, 6) is 0.698. The number of aromatic nitrogens is 5. The molecule has 39 heavy (non-hydrogen) atoms. The molecule has 5 aromatic rings. The molecule has 0 aliphatic heterocycles. The van der Waals surface area contributed by atoms with E-state index < -0.39 is 6.04 Å². The predicted molar refractivity (Wildman–Crippen MR) is 154 cm³/mol. The van der Waals surface area contributed by atoms with Gasteiger partial charge in [-0.15, -0.1) is 5.10 Å². The van der Waals surface area contributed by atoms with Crippen LogP contribution in [-0.2, 0) is 13.1 Å². The summed E-state index contributed by atoms with van der Waals surface area (Å²) in [5.41, 5.74) is 4.65. The van der Waals surface area contributed by atoms with E-state index in [0.717, 1.165) is 53.3 Å². The van der Waals surface area contributed by atoms with Crippen LogP contribution in [0.1, 0.15) is 65.8 Å². The highest BCUT2D eigenvalue weighted by atomic mass is 35.5. The minimum absolute atomic E-state index is 0.131. The molecule has 2 aromatic heterocycles. The van der Waals surface area contributed by atoms with Gasteiger partial charge in [0.2, 0.25) is 0 Å². The zero-order valence-corrected chi connectivity index (χ0v) is 22.7. The summed E-state index contributed by atoms with van der Waals surface area (Å²) in [6.07, 6.45) is 4.38. The number of halogens is 1. The van der Waals surface area contributed by atoms with Gasteiger partial charge in [0.1, 0.15) is 6.04 Å². The Morgan fingerprint density at radius 2 is 1.69 bits per heavy atom. The molecule has 3 aromatic carbocycles. The lowest BCUT2D eigenvalue weighted by atomic mass is 10.0. The van der Waals surface area contributed by atoms with Crippen molar-refractivity contribution in [3.63, 3.8) is 0 Å². The van der Waals surface area contributed by atoms with Crippen LogP contribution >= 0.6 is 11.6 Å². The maximum Gasteiger partial charge on any atom is 0.253 e. The minimum atomic E-state index is -0.467. The number of rotatable bonds is 8. The highest BCUT2D eigenvalue weighted by Gasteiger charge is 2.33. The average Bonchev–Trinajstić information content (AvgIpc) is 3.64. The molecule has 1 aliphatic rings. The summed E-state index contributed by atoms with van der Waals surface area (Å²) in [6, 6.07) is 26.1. The van der Waals surface area contributed by atoms with Crippen molar-refractivity contribution in [3.8, 4) is 0 Å². The SMILES string of the molecule is Cc1ccc2cc(C(c3nnnn3C3CCCC3)N(Cc3ccccc3)Cc3ccc(Cl)cc3)c(=O)[nH]c2c1. The zero-order chi connectivity index (χ0) is 26.8. The van der Waals surface area contributed by atoms with Crippen LogP contribution in [0, 0.1) is 6.92 Å². The van der Waals surface area contributed by atoms with Crippen molar-refractivity contribution in [2.75, 3.05) is 0 Å². The fraction of sp³-hybridized carbons (Fsp3) is 0.290. The lowest BCUT2D eigenvalue weighted by Crippen LogP contribution is -2.35. The number of tetrazole rings is 1. The molecule has 1 fully saturated rings. The molecule has 0 bridgehead atoms. The molecule has 198 valence electrons. The summed E-state index contributed by atoms with van der Waals surface area (Å²) < 4.78 is 1.97. The van der Waals surface area contributed by atoms with Gasteiger partial charge in [0.05, 0.1) is 6.04 Å². The maximum atomic E-state index is 13.8. The normalized spacial score (nSPS) is 14.8. The summed E-state index contributed by atoms with van der Waals surface area (Å²) in [6.45, 7) is 3.22. The van der Waals surface area contributed by atoms with Crippen molar-refractivity contribution in [2.45, 2.75) is 57.8 Å². The van der Waals surface area contributed by atoms with Crippen molar-refractivity contribution >= 4 is 22.5 Å². The quantitative estimate of drug-likeness (QED) is 0.248. The average molecular weight is 539 g/mol. The highest BCUT2D eigenvalue weighted by molar-refractivity contribution is 6.30. The Kier molecular flexibility index (Phi) is 7.26. The van der Waals surface area contributed by atoms with Crippen LogP contribution in [-0.4, -0.2) is 30.1 Å².